The van der Waals surface area contributed by atoms with Crippen molar-refractivity contribution in [3.8, 4) is 0 Å². The molecule has 4 N–H and O–H groups in total. The number of unbranched alkanes of at least 4 members (excludes halogenated alkanes) is 12. The number of hydrogen-bond acceptors (Lipinski definition) is 9. The summed E-state index contributed by atoms with van der Waals surface area (Å²) in [4.78, 5) is 44.8. The molecule has 0 aliphatic rings. The molecule has 0 aliphatic carbocycles. The van der Waals surface area contributed by atoms with Gasteiger partial charge in [-0.1, -0.05) is 90.9 Å². The van der Waals surface area contributed by atoms with Crippen LogP contribution in [0.2, 0.25) is 0 Å². The number of nitrogens with two attached hydrogens (primary N) is 1. The normalized spacial score (nSPS) is 14.4. The van der Waals surface area contributed by atoms with Crippen molar-refractivity contribution in [3.63, 3.8) is 0 Å². The third-order valence-corrected chi connectivity index (χ3v) is 6.81. The number of carbonyl (C=O) groups excluding carboxylic acids is 2. The SMILES string of the molecule is CCCCCCCCCCCCCC(=O)OC(COC(=O)CCCCC)COP(=O)(O)OCC(N)C(=O)O. The van der Waals surface area contributed by atoms with Crippen LogP contribution in [0.1, 0.15) is 117 Å². The molecule has 0 radical (unpaired) electrons. The highest BCUT2D eigenvalue weighted by atomic mass is 31.2. The van der Waals surface area contributed by atoms with Crippen LogP contribution in [-0.4, -0.2) is 59.9 Å². The predicted octanol–water partition coefficient (Wildman–Crippen LogP) is 5.27. The fourth-order valence-corrected chi connectivity index (χ4v) is 4.31. The van der Waals surface area contributed by atoms with Gasteiger partial charge in [-0.05, 0) is 12.8 Å². The molecular formula is C26H50NO10P. The minimum absolute atomic E-state index is 0.165. The number of ether oxygens (including phenoxy) is 2. The van der Waals surface area contributed by atoms with E-state index >= 15 is 0 Å². The first-order valence-electron chi connectivity index (χ1n) is 14.1. The Morgan fingerprint density at radius 2 is 1.16 bits per heavy atom. The number of carbonyl (C=O) groups is 3. The van der Waals surface area contributed by atoms with Gasteiger partial charge in [0.2, 0.25) is 0 Å². The minimum atomic E-state index is -4.68. The van der Waals surface area contributed by atoms with E-state index in [-0.39, 0.29) is 19.4 Å². The highest BCUT2D eigenvalue weighted by Gasteiger charge is 2.28. The second-order valence-corrected chi connectivity index (χ2v) is 11.0. The Morgan fingerprint density at radius 1 is 0.711 bits per heavy atom. The maximum Gasteiger partial charge on any atom is 0.472 e. The second-order valence-electron chi connectivity index (χ2n) is 9.54. The number of phosphoric acid groups is 1. The Bertz CT molecular complexity index is 691. The molecule has 0 saturated heterocycles. The molecule has 0 aromatic rings. The molecule has 0 amide bonds. The average Bonchev–Trinajstić information content (AvgIpc) is 2.87. The molecule has 0 spiro atoms. The molecule has 3 atom stereocenters. The first kappa shape index (κ1) is 36.5. The van der Waals surface area contributed by atoms with Gasteiger partial charge in [-0.25, -0.2) is 4.57 Å². The summed E-state index contributed by atoms with van der Waals surface area (Å²) in [5.41, 5.74) is 5.25. The van der Waals surface area contributed by atoms with E-state index < -0.39 is 51.1 Å². The molecule has 38 heavy (non-hydrogen) atoms. The summed E-state index contributed by atoms with van der Waals surface area (Å²) >= 11 is 0. The van der Waals surface area contributed by atoms with Gasteiger partial charge < -0.3 is 25.2 Å². The van der Waals surface area contributed by atoms with Crippen molar-refractivity contribution in [3.05, 3.63) is 0 Å². The van der Waals surface area contributed by atoms with Crippen molar-refractivity contribution in [1.82, 2.24) is 0 Å². The predicted molar refractivity (Wildman–Crippen MR) is 143 cm³/mol. The monoisotopic (exact) mass is 567 g/mol. The van der Waals surface area contributed by atoms with Crippen LogP contribution in [-0.2, 0) is 37.5 Å². The van der Waals surface area contributed by atoms with Crippen LogP contribution in [0.4, 0.5) is 0 Å². The highest BCUT2D eigenvalue weighted by molar-refractivity contribution is 7.47. The molecule has 0 saturated carbocycles. The lowest BCUT2D eigenvalue weighted by Crippen LogP contribution is -2.34. The standard InChI is InChI=1S/C26H50NO10P/c1-3-5-7-8-9-10-11-12-13-14-16-18-25(29)37-22(19-34-24(28)17-15-6-4-2)20-35-38(32,33)36-21-23(27)26(30)31/h22-23H,3-21,27H2,1-2H3,(H,30,31)(H,32,33). The Kier molecular flexibility index (Phi) is 22.4. The lowest BCUT2D eigenvalue weighted by Gasteiger charge is -2.20. The lowest BCUT2D eigenvalue weighted by atomic mass is 10.1. The summed E-state index contributed by atoms with van der Waals surface area (Å²) in [6, 6.07) is -1.51. The number of hydrogen-bond donors (Lipinski definition) is 3. The Labute approximate surface area is 227 Å². The number of rotatable bonds is 26. The average molecular weight is 568 g/mol. The van der Waals surface area contributed by atoms with Crippen molar-refractivity contribution >= 4 is 25.7 Å². The van der Waals surface area contributed by atoms with Crippen LogP contribution in [0.15, 0.2) is 0 Å². The molecule has 224 valence electrons. The summed E-state index contributed by atoms with van der Waals surface area (Å²) in [5, 5.41) is 8.75. The minimum Gasteiger partial charge on any atom is -0.480 e. The van der Waals surface area contributed by atoms with Crippen LogP contribution in [0.3, 0.4) is 0 Å². The quantitative estimate of drug-likeness (QED) is 0.0706. The third-order valence-electron chi connectivity index (χ3n) is 5.86. The Morgan fingerprint density at radius 3 is 1.71 bits per heavy atom. The summed E-state index contributed by atoms with van der Waals surface area (Å²) in [6.45, 7) is 2.54. The third kappa shape index (κ3) is 22.5. The molecule has 0 aliphatic heterocycles. The van der Waals surface area contributed by atoms with E-state index in [1.807, 2.05) is 6.92 Å². The van der Waals surface area contributed by atoms with E-state index in [9.17, 15) is 23.8 Å². The lowest BCUT2D eigenvalue weighted by molar-refractivity contribution is -0.161. The van der Waals surface area contributed by atoms with E-state index in [0.29, 0.717) is 12.8 Å². The molecule has 0 rings (SSSR count). The molecule has 0 bridgehead atoms. The fraction of sp³-hybridized carbons (Fsp3) is 0.885. The summed E-state index contributed by atoms with van der Waals surface area (Å²) in [5.74, 6) is -2.41. The zero-order valence-corrected chi connectivity index (χ0v) is 24.2. The number of phosphoric ester groups is 1. The smallest absolute Gasteiger partial charge is 0.472 e. The van der Waals surface area contributed by atoms with Gasteiger partial charge in [-0.3, -0.25) is 23.4 Å². The maximum absolute atomic E-state index is 12.3. The first-order valence-corrected chi connectivity index (χ1v) is 15.6. The summed E-state index contributed by atoms with van der Waals surface area (Å²) in [7, 11) is -4.68. The van der Waals surface area contributed by atoms with E-state index in [0.717, 1.165) is 32.1 Å². The van der Waals surface area contributed by atoms with E-state index in [4.69, 9.17) is 24.8 Å². The van der Waals surface area contributed by atoms with Crippen LogP contribution >= 0.6 is 7.82 Å². The van der Waals surface area contributed by atoms with Crippen LogP contribution in [0.25, 0.3) is 0 Å². The second kappa shape index (κ2) is 23.4. The highest BCUT2D eigenvalue weighted by Crippen LogP contribution is 2.43. The molecule has 11 nitrogen and oxygen atoms in total. The molecule has 3 unspecified atom stereocenters. The van der Waals surface area contributed by atoms with E-state index in [1.165, 1.54) is 44.9 Å². The molecule has 0 heterocycles. The number of carboxylic acid groups (broad SMARTS) is 1. The summed E-state index contributed by atoms with van der Waals surface area (Å²) < 4.78 is 31.9. The first-order chi connectivity index (χ1) is 18.1. The van der Waals surface area contributed by atoms with Gasteiger partial charge >= 0.3 is 25.7 Å². The largest absolute Gasteiger partial charge is 0.480 e. The topological polar surface area (TPSA) is 172 Å². The van der Waals surface area contributed by atoms with Gasteiger partial charge in [-0.2, -0.15) is 0 Å². The summed E-state index contributed by atoms with van der Waals surface area (Å²) in [6.07, 6.45) is 14.3. The van der Waals surface area contributed by atoms with Gasteiger partial charge in [-0.15, -0.1) is 0 Å². The molecular weight excluding hydrogens is 517 g/mol. The van der Waals surface area contributed by atoms with Gasteiger partial charge in [0.1, 0.15) is 12.6 Å². The molecule has 0 aromatic carbocycles. The van der Waals surface area contributed by atoms with Gasteiger partial charge in [0.05, 0.1) is 13.2 Å². The number of carboxylic acids is 1. The number of aliphatic carboxylic acids is 1. The van der Waals surface area contributed by atoms with Gasteiger partial charge in [0, 0.05) is 12.8 Å². The Hall–Kier alpha value is -1.52. The van der Waals surface area contributed by atoms with Crippen molar-refractivity contribution in [1.29, 1.82) is 0 Å². The van der Waals surface area contributed by atoms with Gasteiger partial charge in [0.25, 0.3) is 0 Å². The molecule has 12 heteroatoms. The fourth-order valence-electron chi connectivity index (χ4n) is 3.53. The van der Waals surface area contributed by atoms with Crippen LogP contribution < -0.4 is 5.73 Å². The van der Waals surface area contributed by atoms with E-state index in [2.05, 4.69) is 11.4 Å². The van der Waals surface area contributed by atoms with Crippen molar-refractivity contribution in [2.75, 3.05) is 19.8 Å². The van der Waals surface area contributed by atoms with Gasteiger partial charge in [0.15, 0.2) is 6.10 Å². The van der Waals surface area contributed by atoms with Crippen molar-refractivity contribution in [2.45, 2.75) is 129 Å². The zero-order valence-electron chi connectivity index (χ0n) is 23.3. The number of esters is 2. The molecule has 0 aromatic heterocycles. The van der Waals surface area contributed by atoms with Crippen molar-refractivity contribution in [2.24, 2.45) is 5.73 Å². The maximum atomic E-state index is 12.3. The Balaban J connectivity index is 4.46. The zero-order chi connectivity index (χ0) is 28.7. The van der Waals surface area contributed by atoms with Crippen LogP contribution in [0.5, 0.6) is 0 Å². The van der Waals surface area contributed by atoms with E-state index in [1.54, 1.807) is 0 Å². The molecule has 0 fully saturated rings. The van der Waals surface area contributed by atoms with Crippen LogP contribution in [0, 0.1) is 0 Å². The van der Waals surface area contributed by atoms with Crippen molar-refractivity contribution < 1.29 is 47.5 Å².